The first-order valence-electron chi connectivity index (χ1n) is 7.43. The molecule has 0 fully saturated rings. The van der Waals surface area contributed by atoms with Gasteiger partial charge in [0.2, 0.25) is 0 Å². The Kier molecular flexibility index (Phi) is 7.29. The summed E-state index contributed by atoms with van der Waals surface area (Å²) in [5, 5.41) is 11.7. The molecule has 0 aliphatic rings. The van der Waals surface area contributed by atoms with Gasteiger partial charge in [-0.3, -0.25) is 0 Å². The zero-order chi connectivity index (χ0) is 15.7. The predicted molar refractivity (Wildman–Crippen MR) is 82.7 cm³/mol. The topological polar surface area (TPSA) is 69.6 Å². The molecule has 0 atom stereocenters. The zero-order valence-corrected chi connectivity index (χ0v) is 12.8. The van der Waals surface area contributed by atoms with Crippen LogP contribution in [0.3, 0.4) is 0 Å². The smallest absolute Gasteiger partial charge is 0.335 e. The lowest BCUT2D eigenvalue weighted by molar-refractivity contribution is 0.0697. The van der Waals surface area contributed by atoms with Crippen LogP contribution >= 0.6 is 0 Å². The minimum Gasteiger partial charge on any atom is -0.478 e. The molecule has 5 nitrogen and oxygen atoms in total. The number of carbonyl (C=O) groups is 2. The summed E-state index contributed by atoms with van der Waals surface area (Å²) in [4.78, 5) is 24.6. The Bertz CT molecular complexity index is 451. The molecule has 21 heavy (non-hydrogen) atoms. The average molecular weight is 292 g/mol. The zero-order valence-electron chi connectivity index (χ0n) is 12.8. The highest BCUT2D eigenvalue weighted by Gasteiger charge is 2.10. The van der Waals surface area contributed by atoms with Crippen molar-refractivity contribution in [2.45, 2.75) is 33.1 Å². The molecule has 1 aromatic rings. The van der Waals surface area contributed by atoms with E-state index in [4.69, 9.17) is 5.11 Å². The molecule has 0 aromatic heterocycles. The fourth-order valence-corrected chi connectivity index (χ4v) is 2.09. The normalized spacial score (nSPS) is 10.2. The fourth-order valence-electron chi connectivity index (χ4n) is 2.09. The van der Waals surface area contributed by atoms with Crippen LogP contribution in [0.2, 0.25) is 0 Å². The molecule has 0 bridgehead atoms. The molecule has 116 valence electrons. The van der Waals surface area contributed by atoms with E-state index >= 15 is 0 Å². The van der Waals surface area contributed by atoms with Gasteiger partial charge < -0.3 is 15.3 Å². The van der Waals surface area contributed by atoms with E-state index in [2.05, 4.69) is 19.2 Å². The van der Waals surface area contributed by atoms with Gasteiger partial charge in [-0.25, -0.2) is 9.59 Å². The monoisotopic (exact) mass is 292 g/mol. The number of rotatable bonds is 8. The van der Waals surface area contributed by atoms with Crippen molar-refractivity contribution >= 4 is 12.0 Å². The largest absolute Gasteiger partial charge is 0.478 e. The minimum atomic E-state index is -0.926. The fraction of sp³-hybridized carbons (Fsp3) is 0.500. The number of benzene rings is 1. The van der Waals surface area contributed by atoms with Crippen molar-refractivity contribution in [2.75, 3.05) is 19.6 Å². The third-order valence-electron chi connectivity index (χ3n) is 3.17. The molecule has 0 spiro atoms. The maximum Gasteiger partial charge on any atom is 0.335 e. The van der Waals surface area contributed by atoms with Gasteiger partial charge in [0.15, 0.2) is 0 Å². The van der Waals surface area contributed by atoms with Crippen LogP contribution in [0.15, 0.2) is 24.3 Å². The van der Waals surface area contributed by atoms with Crippen molar-refractivity contribution in [1.29, 1.82) is 0 Å². The second-order valence-corrected chi connectivity index (χ2v) is 4.97. The van der Waals surface area contributed by atoms with E-state index in [9.17, 15) is 9.59 Å². The van der Waals surface area contributed by atoms with E-state index in [0.29, 0.717) is 13.0 Å². The average Bonchev–Trinajstić information content (AvgIpc) is 2.47. The van der Waals surface area contributed by atoms with Crippen molar-refractivity contribution in [2.24, 2.45) is 0 Å². The molecule has 1 aromatic carbocycles. The first-order valence-corrected chi connectivity index (χ1v) is 7.43. The molecule has 0 unspecified atom stereocenters. The standard InChI is InChI=1S/C16H24N2O3/c1-3-11-18(12-4-2)16(21)17-10-9-13-5-7-14(8-6-13)15(19)20/h5-8H,3-4,9-12H2,1-2H3,(H,17,21)(H,19,20). The molecule has 0 aliphatic carbocycles. The number of carboxylic acid groups (broad SMARTS) is 1. The van der Waals surface area contributed by atoms with Gasteiger partial charge in [-0.15, -0.1) is 0 Å². The van der Waals surface area contributed by atoms with Crippen molar-refractivity contribution in [3.8, 4) is 0 Å². The third-order valence-corrected chi connectivity index (χ3v) is 3.17. The third kappa shape index (κ3) is 5.85. The Morgan fingerprint density at radius 1 is 1.10 bits per heavy atom. The number of hydrogen-bond acceptors (Lipinski definition) is 2. The highest BCUT2D eigenvalue weighted by molar-refractivity contribution is 5.87. The summed E-state index contributed by atoms with van der Waals surface area (Å²) < 4.78 is 0. The van der Waals surface area contributed by atoms with E-state index in [1.54, 1.807) is 24.3 Å². The van der Waals surface area contributed by atoms with Crippen LogP contribution in [0.25, 0.3) is 0 Å². The highest BCUT2D eigenvalue weighted by atomic mass is 16.4. The van der Waals surface area contributed by atoms with Crippen LogP contribution < -0.4 is 5.32 Å². The lowest BCUT2D eigenvalue weighted by Crippen LogP contribution is -2.41. The molecule has 0 saturated heterocycles. The van der Waals surface area contributed by atoms with Gasteiger partial charge in [0.1, 0.15) is 0 Å². The van der Waals surface area contributed by atoms with Gasteiger partial charge in [-0.05, 0) is 37.0 Å². The SMILES string of the molecule is CCCN(CCC)C(=O)NCCc1ccc(C(=O)O)cc1. The van der Waals surface area contributed by atoms with Gasteiger partial charge in [0, 0.05) is 19.6 Å². The van der Waals surface area contributed by atoms with Crippen molar-refractivity contribution < 1.29 is 14.7 Å². The molecular formula is C16H24N2O3. The lowest BCUT2D eigenvalue weighted by Gasteiger charge is -2.21. The lowest BCUT2D eigenvalue weighted by atomic mass is 10.1. The Balaban J connectivity index is 2.41. The number of carbonyl (C=O) groups excluding carboxylic acids is 1. The van der Waals surface area contributed by atoms with Gasteiger partial charge in [-0.2, -0.15) is 0 Å². The summed E-state index contributed by atoms with van der Waals surface area (Å²) in [6.45, 7) is 6.20. The predicted octanol–water partition coefficient (Wildman–Crippen LogP) is 2.76. The number of nitrogens with one attached hydrogen (secondary N) is 1. The minimum absolute atomic E-state index is 0.0270. The molecule has 0 saturated carbocycles. The summed E-state index contributed by atoms with van der Waals surface area (Å²) in [6.07, 6.45) is 2.59. The van der Waals surface area contributed by atoms with Crippen LogP contribution in [-0.4, -0.2) is 41.6 Å². The second kappa shape index (κ2) is 9.00. The van der Waals surface area contributed by atoms with Gasteiger partial charge in [-0.1, -0.05) is 26.0 Å². The van der Waals surface area contributed by atoms with Gasteiger partial charge >= 0.3 is 12.0 Å². The van der Waals surface area contributed by atoms with Crippen molar-refractivity contribution in [3.63, 3.8) is 0 Å². The first-order chi connectivity index (χ1) is 10.1. The molecule has 1 rings (SSSR count). The molecule has 0 aliphatic heterocycles. The van der Waals surface area contributed by atoms with Gasteiger partial charge in [0.25, 0.3) is 0 Å². The molecule has 2 amide bonds. The quantitative estimate of drug-likeness (QED) is 0.774. The maximum atomic E-state index is 12.0. The van der Waals surface area contributed by atoms with Crippen LogP contribution in [0.4, 0.5) is 4.79 Å². The molecule has 0 heterocycles. The number of nitrogens with zero attached hydrogens (tertiary/aromatic N) is 1. The number of hydrogen-bond donors (Lipinski definition) is 2. The van der Waals surface area contributed by atoms with Crippen molar-refractivity contribution in [3.05, 3.63) is 35.4 Å². The number of urea groups is 1. The van der Waals surface area contributed by atoms with Crippen LogP contribution in [0.1, 0.15) is 42.6 Å². The highest BCUT2D eigenvalue weighted by Crippen LogP contribution is 2.05. The van der Waals surface area contributed by atoms with Crippen LogP contribution in [0, 0.1) is 0 Å². The summed E-state index contributed by atoms with van der Waals surface area (Å²) in [5.74, 6) is -0.926. The van der Waals surface area contributed by atoms with Crippen LogP contribution in [0.5, 0.6) is 0 Å². The molecule has 0 radical (unpaired) electrons. The van der Waals surface area contributed by atoms with Crippen LogP contribution in [-0.2, 0) is 6.42 Å². The number of aromatic carboxylic acids is 1. The molecular weight excluding hydrogens is 268 g/mol. The maximum absolute atomic E-state index is 12.0. The Morgan fingerprint density at radius 2 is 1.67 bits per heavy atom. The first kappa shape index (κ1) is 17.0. The van der Waals surface area contributed by atoms with Gasteiger partial charge in [0.05, 0.1) is 5.56 Å². The summed E-state index contributed by atoms with van der Waals surface area (Å²) >= 11 is 0. The number of amides is 2. The van der Waals surface area contributed by atoms with E-state index in [-0.39, 0.29) is 11.6 Å². The van der Waals surface area contributed by atoms with E-state index in [1.165, 1.54) is 0 Å². The summed E-state index contributed by atoms with van der Waals surface area (Å²) in [6, 6.07) is 6.71. The second-order valence-electron chi connectivity index (χ2n) is 4.97. The summed E-state index contributed by atoms with van der Waals surface area (Å²) in [7, 11) is 0. The van der Waals surface area contributed by atoms with E-state index in [1.807, 2.05) is 4.90 Å². The Labute approximate surface area is 126 Å². The van der Waals surface area contributed by atoms with E-state index in [0.717, 1.165) is 31.5 Å². The van der Waals surface area contributed by atoms with Crippen molar-refractivity contribution in [1.82, 2.24) is 10.2 Å². The Hall–Kier alpha value is -2.04. The summed E-state index contributed by atoms with van der Waals surface area (Å²) in [5.41, 5.74) is 1.29. The molecule has 5 heteroatoms. The molecule has 2 N–H and O–H groups in total. The number of carboxylic acids is 1. The van der Waals surface area contributed by atoms with E-state index < -0.39 is 5.97 Å². The Morgan fingerprint density at radius 3 is 2.14 bits per heavy atom.